The van der Waals surface area contributed by atoms with Crippen LogP contribution in [0.3, 0.4) is 0 Å². The molecular weight excluding hydrogens is 458 g/mol. The third-order valence-corrected chi connectivity index (χ3v) is 6.26. The molecule has 0 spiro atoms. The zero-order valence-electron chi connectivity index (χ0n) is 15.4. The van der Waals surface area contributed by atoms with Gasteiger partial charge in [0.25, 0.3) is 5.69 Å². The highest BCUT2D eigenvalue weighted by Crippen LogP contribution is 2.47. The maximum absolute atomic E-state index is 12.6. The number of imide groups is 1. The summed E-state index contributed by atoms with van der Waals surface area (Å²) < 4.78 is 0.822. The smallest absolute Gasteiger partial charge is 0.325 e. The van der Waals surface area contributed by atoms with Crippen molar-refractivity contribution in [2.24, 2.45) is 11.8 Å². The number of carboxylic acid groups (broad SMARTS) is 1. The van der Waals surface area contributed by atoms with Crippen molar-refractivity contribution in [3.63, 3.8) is 0 Å². The van der Waals surface area contributed by atoms with Gasteiger partial charge in [-0.2, -0.15) is 0 Å². The number of nitrogens with zero attached hydrogens (tertiary/aromatic N) is 1. The summed E-state index contributed by atoms with van der Waals surface area (Å²) in [7, 11) is 0. The number of aliphatic carboxylic acids is 1. The summed E-state index contributed by atoms with van der Waals surface area (Å²) in [5.74, 6) is -4.42. The van der Waals surface area contributed by atoms with Crippen molar-refractivity contribution in [1.29, 1.82) is 0 Å². The Morgan fingerprint density at radius 1 is 1.10 bits per heavy atom. The summed E-state index contributed by atoms with van der Waals surface area (Å²) in [6.07, 6.45) is -0.116. The third-order valence-electron chi connectivity index (χ3n) is 5.73. The highest BCUT2D eigenvalue weighted by Gasteiger charge is 2.66. The molecule has 10 heteroatoms. The third kappa shape index (κ3) is 3.17. The van der Waals surface area contributed by atoms with Gasteiger partial charge in [-0.25, -0.2) is 0 Å². The number of carbonyl (C=O) groups excluding carboxylic acids is 2. The molecule has 2 saturated heterocycles. The zero-order valence-corrected chi connectivity index (χ0v) is 17.0. The van der Waals surface area contributed by atoms with Crippen LogP contribution in [0.4, 0.5) is 5.69 Å². The first-order valence-corrected chi connectivity index (χ1v) is 9.87. The number of carbonyl (C=O) groups is 3. The number of nitrogens with one attached hydrogen (secondary N) is 2. The van der Waals surface area contributed by atoms with Gasteiger partial charge in [-0.05, 0) is 23.3 Å². The Bertz CT molecular complexity index is 1060. The topological polar surface area (TPSA) is 139 Å². The lowest BCUT2D eigenvalue weighted by Crippen LogP contribution is -2.57. The van der Waals surface area contributed by atoms with E-state index in [4.69, 9.17) is 0 Å². The Kier molecular flexibility index (Phi) is 4.91. The van der Waals surface area contributed by atoms with Crippen molar-refractivity contribution >= 4 is 39.4 Å². The number of benzene rings is 2. The first-order valence-electron chi connectivity index (χ1n) is 9.07. The number of hydrogen-bond donors (Lipinski definition) is 3. The molecule has 2 fully saturated rings. The number of rotatable bonds is 5. The predicted molar refractivity (Wildman–Crippen MR) is 107 cm³/mol. The Morgan fingerprint density at radius 2 is 1.73 bits per heavy atom. The number of nitro benzene ring substituents is 1. The molecule has 4 unspecified atom stereocenters. The van der Waals surface area contributed by atoms with Gasteiger partial charge in [-0.1, -0.05) is 40.2 Å². The number of amides is 2. The van der Waals surface area contributed by atoms with Crippen molar-refractivity contribution in [3.05, 3.63) is 74.2 Å². The molecule has 3 N–H and O–H groups in total. The minimum atomic E-state index is -1.74. The SMILES string of the molecule is O=C1NC(=O)C2C1C(c1ccc(Br)cc1)NC2(Cc1ccc([N+](=O)[O-])cc1)C(=O)O. The van der Waals surface area contributed by atoms with Gasteiger partial charge < -0.3 is 5.11 Å². The van der Waals surface area contributed by atoms with Crippen LogP contribution in [0, 0.1) is 22.0 Å². The first kappa shape index (κ1) is 20.2. The molecule has 0 radical (unpaired) electrons. The maximum atomic E-state index is 12.6. The summed E-state index contributed by atoms with van der Waals surface area (Å²) in [6, 6.07) is 11.9. The van der Waals surface area contributed by atoms with Gasteiger partial charge in [0, 0.05) is 29.1 Å². The number of nitro groups is 1. The lowest BCUT2D eigenvalue weighted by atomic mass is 9.76. The lowest BCUT2D eigenvalue weighted by Gasteiger charge is -2.30. The maximum Gasteiger partial charge on any atom is 0.325 e. The Labute approximate surface area is 178 Å². The van der Waals surface area contributed by atoms with Crippen molar-refractivity contribution in [1.82, 2.24) is 10.6 Å². The highest BCUT2D eigenvalue weighted by atomic mass is 79.9. The minimum absolute atomic E-state index is 0.116. The van der Waals surface area contributed by atoms with E-state index < -0.39 is 46.1 Å². The van der Waals surface area contributed by atoms with Crippen LogP contribution in [0.25, 0.3) is 0 Å². The quantitative estimate of drug-likeness (QED) is 0.342. The number of fused-ring (bicyclic) bond motifs is 1. The van der Waals surface area contributed by atoms with Gasteiger partial charge >= 0.3 is 5.97 Å². The van der Waals surface area contributed by atoms with Gasteiger partial charge in [-0.3, -0.25) is 35.1 Å². The van der Waals surface area contributed by atoms with E-state index in [9.17, 15) is 29.6 Å². The molecule has 0 aliphatic carbocycles. The summed E-state index contributed by atoms with van der Waals surface area (Å²) in [4.78, 5) is 48.0. The molecule has 0 bridgehead atoms. The van der Waals surface area contributed by atoms with E-state index in [1.165, 1.54) is 24.3 Å². The van der Waals surface area contributed by atoms with Crippen molar-refractivity contribution in [2.45, 2.75) is 18.0 Å². The van der Waals surface area contributed by atoms with Crippen LogP contribution < -0.4 is 10.6 Å². The number of carboxylic acids is 1. The van der Waals surface area contributed by atoms with E-state index in [1.807, 2.05) is 0 Å². The van der Waals surface area contributed by atoms with Gasteiger partial charge in [0.2, 0.25) is 11.8 Å². The summed E-state index contributed by atoms with van der Waals surface area (Å²) in [6.45, 7) is 0. The number of halogens is 1. The summed E-state index contributed by atoms with van der Waals surface area (Å²) in [5, 5.41) is 26.4. The van der Waals surface area contributed by atoms with Crippen molar-refractivity contribution in [3.8, 4) is 0 Å². The van der Waals surface area contributed by atoms with Gasteiger partial charge in [0.1, 0.15) is 5.54 Å². The second-order valence-corrected chi connectivity index (χ2v) is 8.32. The van der Waals surface area contributed by atoms with Gasteiger partial charge in [-0.15, -0.1) is 0 Å². The van der Waals surface area contributed by atoms with E-state index >= 15 is 0 Å². The molecule has 30 heavy (non-hydrogen) atoms. The molecule has 0 aromatic heterocycles. The normalized spacial score (nSPS) is 27.6. The fourth-order valence-electron chi connectivity index (χ4n) is 4.38. The molecule has 4 rings (SSSR count). The largest absolute Gasteiger partial charge is 0.480 e. The van der Waals surface area contributed by atoms with Crippen molar-refractivity contribution in [2.75, 3.05) is 0 Å². The minimum Gasteiger partial charge on any atom is -0.480 e. The molecule has 9 nitrogen and oxygen atoms in total. The number of non-ortho nitro benzene ring substituents is 1. The van der Waals surface area contributed by atoms with Crippen LogP contribution in [-0.4, -0.2) is 33.4 Å². The fraction of sp³-hybridized carbons (Fsp3) is 0.250. The van der Waals surface area contributed by atoms with Crippen LogP contribution in [0.2, 0.25) is 0 Å². The molecule has 2 aliphatic rings. The fourth-order valence-corrected chi connectivity index (χ4v) is 4.64. The summed E-state index contributed by atoms with van der Waals surface area (Å²) >= 11 is 3.34. The molecular formula is C20H16BrN3O6. The molecule has 2 amide bonds. The molecule has 2 aromatic carbocycles. The van der Waals surface area contributed by atoms with Crippen LogP contribution >= 0.6 is 15.9 Å². The van der Waals surface area contributed by atoms with Gasteiger partial charge in [0.15, 0.2) is 0 Å². The molecule has 2 heterocycles. The Morgan fingerprint density at radius 3 is 2.30 bits per heavy atom. The summed E-state index contributed by atoms with van der Waals surface area (Å²) in [5.41, 5.74) is -0.681. The van der Waals surface area contributed by atoms with Crippen molar-refractivity contribution < 1.29 is 24.4 Å². The molecule has 154 valence electrons. The average Bonchev–Trinajstić information content (AvgIpc) is 3.20. The standard InChI is InChI=1S/C20H16BrN3O6/c21-12-5-3-11(4-6-12)16-14-15(18(26)22-17(14)25)20(23-16,19(27)28)9-10-1-7-13(8-2-10)24(29)30/h1-8,14-16,23H,9H2,(H,27,28)(H,22,25,26). The Hall–Kier alpha value is -3.11. The predicted octanol–water partition coefficient (Wildman–Crippen LogP) is 1.96. The molecule has 0 saturated carbocycles. The van der Waals surface area contributed by atoms with Crippen LogP contribution in [-0.2, 0) is 20.8 Å². The zero-order chi connectivity index (χ0) is 21.6. The molecule has 2 aliphatic heterocycles. The van der Waals surface area contributed by atoms with Gasteiger partial charge in [0.05, 0.1) is 16.8 Å². The van der Waals surface area contributed by atoms with E-state index in [0.29, 0.717) is 11.1 Å². The lowest BCUT2D eigenvalue weighted by molar-refractivity contribution is -0.384. The van der Waals surface area contributed by atoms with E-state index in [1.54, 1.807) is 24.3 Å². The molecule has 2 aromatic rings. The van der Waals surface area contributed by atoms with Crippen LogP contribution in [0.1, 0.15) is 17.2 Å². The monoisotopic (exact) mass is 473 g/mol. The Balaban J connectivity index is 1.77. The highest BCUT2D eigenvalue weighted by molar-refractivity contribution is 9.10. The average molecular weight is 474 g/mol. The van der Waals surface area contributed by atoms with Crippen LogP contribution in [0.15, 0.2) is 53.0 Å². The van der Waals surface area contributed by atoms with E-state index in [0.717, 1.165) is 4.47 Å². The molecule has 4 atom stereocenters. The second-order valence-electron chi connectivity index (χ2n) is 7.41. The van der Waals surface area contributed by atoms with E-state index in [2.05, 4.69) is 26.6 Å². The first-order chi connectivity index (χ1) is 14.2. The van der Waals surface area contributed by atoms with E-state index in [-0.39, 0.29) is 12.1 Å². The van der Waals surface area contributed by atoms with Crippen LogP contribution in [0.5, 0.6) is 0 Å². The number of hydrogen-bond acceptors (Lipinski definition) is 6. The second kappa shape index (κ2) is 7.29.